The fourth-order valence-corrected chi connectivity index (χ4v) is 3.53. The van der Waals surface area contributed by atoms with E-state index in [0.29, 0.717) is 31.6 Å². The summed E-state index contributed by atoms with van der Waals surface area (Å²) >= 11 is 0. The monoisotopic (exact) mass is 331 g/mol. The van der Waals surface area contributed by atoms with Gasteiger partial charge in [-0.05, 0) is 56.1 Å². The smallest absolute Gasteiger partial charge is 0.251 e. The number of amides is 2. The number of methoxy groups -OCH3 is 1. The topological polar surface area (TPSA) is 79.5 Å². The van der Waals surface area contributed by atoms with E-state index in [0.717, 1.165) is 37.2 Å². The summed E-state index contributed by atoms with van der Waals surface area (Å²) in [5, 5.41) is 9.27. The third kappa shape index (κ3) is 3.76. The first-order valence-corrected chi connectivity index (χ1v) is 8.53. The number of anilines is 1. The molecule has 0 atom stereocenters. The molecule has 0 aromatic heterocycles. The average Bonchev–Trinajstić information content (AvgIpc) is 2.60. The van der Waals surface area contributed by atoms with Crippen molar-refractivity contribution < 1.29 is 14.3 Å². The quantitative estimate of drug-likeness (QED) is 0.760. The largest absolute Gasteiger partial charge is 0.384 e. The van der Waals surface area contributed by atoms with E-state index in [1.54, 1.807) is 13.2 Å². The minimum Gasteiger partial charge on any atom is -0.384 e. The summed E-state index contributed by atoms with van der Waals surface area (Å²) in [6, 6.07) is 5.47. The Morgan fingerprint density at radius 3 is 2.83 bits per heavy atom. The van der Waals surface area contributed by atoms with Gasteiger partial charge in [0, 0.05) is 36.7 Å². The summed E-state index contributed by atoms with van der Waals surface area (Å²) in [6.45, 7) is 3.19. The summed E-state index contributed by atoms with van der Waals surface area (Å²) in [4.78, 5) is 23.9. The Hall–Kier alpha value is -1.92. The highest BCUT2D eigenvalue weighted by Crippen LogP contribution is 2.28. The van der Waals surface area contributed by atoms with Gasteiger partial charge in [-0.25, -0.2) is 0 Å². The lowest BCUT2D eigenvalue weighted by Crippen LogP contribution is -2.47. The molecule has 0 saturated carbocycles. The maximum atomic E-state index is 12.5. The molecule has 0 spiro atoms. The zero-order valence-electron chi connectivity index (χ0n) is 14.1. The van der Waals surface area contributed by atoms with Crippen molar-refractivity contribution in [3.8, 4) is 0 Å². The number of benzene rings is 1. The third-order valence-corrected chi connectivity index (χ3v) is 5.00. The van der Waals surface area contributed by atoms with E-state index in [-0.39, 0.29) is 17.2 Å². The molecule has 1 aromatic carbocycles. The van der Waals surface area contributed by atoms with E-state index in [4.69, 9.17) is 4.74 Å². The van der Waals surface area contributed by atoms with E-state index in [2.05, 4.69) is 16.0 Å². The summed E-state index contributed by atoms with van der Waals surface area (Å²) in [6.07, 6.45) is 3.15. The van der Waals surface area contributed by atoms with Gasteiger partial charge in [-0.1, -0.05) is 0 Å². The molecule has 6 nitrogen and oxygen atoms in total. The van der Waals surface area contributed by atoms with Crippen molar-refractivity contribution in [1.29, 1.82) is 0 Å². The molecule has 0 radical (unpaired) electrons. The zero-order valence-corrected chi connectivity index (χ0v) is 14.1. The molecule has 6 heteroatoms. The first kappa shape index (κ1) is 16.9. The third-order valence-electron chi connectivity index (χ3n) is 5.00. The minimum atomic E-state index is -0.0660. The molecule has 2 aliphatic rings. The van der Waals surface area contributed by atoms with Gasteiger partial charge in [-0.15, -0.1) is 0 Å². The van der Waals surface area contributed by atoms with Crippen molar-refractivity contribution in [2.24, 2.45) is 5.41 Å². The summed E-state index contributed by atoms with van der Waals surface area (Å²) in [7, 11) is 1.71. The minimum absolute atomic E-state index is 0.0117. The molecular weight excluding hydrogens is 306 g/mol. The molecule has 3 N–H and O–H groups in total. The average molecular weight is 331 g/mol. The van der Waals surface area contributed by atoms with E-state index in [9.17, 15) is 9.59 Å². The lowest BCUT2D eigenvalue weighted by atomic mass is 9.79. The van der Waals surface area contributed by atoms with Gasteiger partial charge in [0.2, 0.25) is 5.91 Å². The fraction of sp³-hybridized carbons (Fsp3) is 0.556. The number of ether oxygens (including phenoxy) is 1. The van der Waals surface area contributed by atoms with Crippen molar-refractivity contribution >= 4 is 17.5 Å². The molecule has 3 rings (SSSR count). The van der Waals surface area contributed by atoms with Crippen LogP contribution >= 0.6 is 0 Å². The van der Waals surface area contributed by atoms with Gasteiger partial charge in [0.05, 0.1) is 6.61 Å². The van der Waals surface area contributed by atoms with Crippen molar-refractivity contribution in [3.63, 3.8) is 0 Å². The Morgan fingerprint density at radius 2 is 2.08 bits per heavy atom. The Morgan fingerprint density at radius 1 is 1.29 bits per heavy atom. The van der Waals surface area contributed by atoms with Crippen LogP contribution in [0.15, 0.2) is 18.2 Å². The number of hydrogen-bond donors (Lipinski definition) is 3. The Bertz CT molecular complexity index is 618. The lowest BCUT2D eigenvalue weighted by molar-refractivity contribution is -0.116. The number of rotatable bonds is 5. The van der Waals surface area contributed by atoms with Gasteiger partial charge in [0.1, 0.15) is 0 Å². The highest BCUT2D eigenvalue weighted by Gasteiger charge is 2.32. The Labute approximate surface area is 142 Å². The maximum absolute atomic E-state index is 12.5. The van der Waals surface area contributed by atoms with Crippen LogP contribution in [-0.4, -0.2) is 45.2 Å². The molecule has 2 aliphatic heterocycles. The number of fused-ring (bicyclic) bond motifs is 1. The number of carbonyl (C=O) groups is 2. The Kier molecular flexibility index (Phi) is 5.16. The highest BCUT2D eigenvalue weighted by atomic mass is 16.5. The predicted octanol–water partition coefficient (Wildman–Crippen LogP) is 1.32. The standard InChI is InChI=1S/C18H25N3O3/c1-24-12-18(6-8-19-9-7-18)11-20-17(23)14-2-4-15-13(10-14)3-5-16(22)21-15/h2,4,10,19H,3,5-9,11-12H2,1H3,(H,20,23)(H,21,22). The second-order valence-corrected chi connectivity index (χ2v) is 6.79. The SMILES string of the molecule is COCC1(CNC(=O)c2ccc3c(c2)CCC(=O)N3)CCNCC1. The molecule has 0 unspecified atom stereocenters. The van der Waals surface area contributed by atoms with Crippen LogP contribution in [0, 0.1) is 5.41 Å². The summed E-state index contributed by atoms with van der Waals surface area (Å²) < 4.78 is 5.39. The highest BCUT2D eigenvalue weighted by molar-refractivity contribution is 5.97. The normalized spacial score (nSPS) is 19.3. The second-order valence-electron chi connectivity index (χ2n) is 6.79. The molecule has 24 heavy (non-hydrogen) atoms. The van der Waals surface area contributed by atoms with Crippen LogP contribution in [0.3, 0.4) is 0 Å². The molecule has 1 fully saturated rings. The lowest BCUT2D eigenvalue weighted by Gasteiger charge is -2.37. The van der Waals surface area contributed by atoms with E-state index >= 15 is 0 Å². The first-order chi connectivity index (χ1) is 11.6. The second kappa shape index (κ2) is 7.32. The summed E-state index contributed by atoms with van der Waals surface area (Å²) in [5.74, 6) is -0.0316. The number of piperidine rings is 1. The number of aryl methyl sites for hydroxylation is 1. The van der Waals surface area contributed by atoms with Crippen molar-refractivity contribution in [1.82, 2.24) is 10.6 Å². The number of carbonyl (C=O) groups excluding carboxylic acids is 2. The van der Waals surface area contributed by atoms with Crippen LogP contribution in [0.5, 0.6) is 0 Å². The van der Waals surface area contributed by atoms with Crippen molar-refractivity contribution in [3.05, 3.63) is 29.3 Å². The molecular formula is C18H25N3O3. The molecule has 0 aliphatic carbocycles. The van der Waals surface area contributed by atoms with E-state index in [1.165, 1.54) is 0 Å². The molecule has 130 valence electrons. The van der Waals surface area contributed by atoms with Gasteiger partial charge < -0.3 is 20.7 Å². The van der Waals surface area contributed by atoms with Gasteiger partial charge in [-0.3, -0.25) is 9.59 Å². The number of hydrogen-bond acceptors (Lipinski definition) is 4. The molecule has 2 heterocycles. The van der Waals surface area contributed by atoms with E-state index < -0.39 is 0 Å². The molecule has 2 amide bonds. The summed E-state index contributed by atoms with van der Waals surface area (Å²) in [5.41, 5.74) is 2.50. The van der Waals surface area contributed by atoms with Crippen LogP contribution in [0.2, 0.25) is 0 Å². The van der Waals surface area contributed by atoms with Crippen LogP contribution in [-0.2, 0) is 16.0 Å². The van der Waals surface area contributed by atoms with Gasteiger partial charge >= 0.3 is 0 Å². The number of nitrogens with one attached hydrogen (secondary N) is 3. The van der Waals surface area contributed by atoms with Gasteiger partial charge in [0.15, 0.2) is 0 Å². The first-order valence-electron chi connectivity index (χ1n) is 8.53. The van der Waals surface area contributed by atoms with Gasteiger partial charge in [-0.2, -0.15) is 0 Å². The van der Waals surface area contributed by atoms with Crippen LogP contribution in [0.25, 0.3) is 0 Å². The zero-order chi connectivity index (χ0) is 17.0. The van der Waals surface area contributed by atoms with Crippen molar-refractivity contribution in [2.45, 2.75) is 25.7 Å². The fourth-order valence-electron chi connectivity index (χ4n) is 3.53. The van der Waals surface area contributed by atoms with Crippen LogP contribution in [0.4, 0.5) is 5.69 Å². The van der Waals surface area contributed by atoms with Crippen LogP contribution in [0.1, 0.15) is 35.2 Å². The molecule has 0 bridgehead atoms. The Balaban J connectivity index is 1.65. The molecule has 1 aromatic rings. The van der Waals surface area contributed by atoms with Crippen LogP contribution < -0.4 is 16.0 Å². The van der Waals surface area contributed by atoms with E-state index in [1.807, 2.05) is 12.1 Å². The maximum Gasteiger partial charge on any atom is 0.251 e. The van der Waals surface area contributed by atoms with Gasteiger partial charge in [0.25, 0.3) is 5.91 Å². The predicted molar refractivity (Wildman–Crippen MR) is 92.1 cm³/mol. The van der Waals surface area contributed by atoms with Crippen molar-refractivity contribution in [2.75, 3.05) is 38.7 Å². The molecule has 1 saturated heterocycles.